The van der Waals surface area contributed by atoms with Crippen molar-refractivity contribution in [2.24, 2.45) is 16.9 Å². The van der Waals surface area contributed by atoms with Gasteiger partial charge >= 0.3 is 6.03 Å². The topological polar surface area (TPSA) is 109 Å². The molecule has 11 heteroatoms. The van der Waals surface area contributed by atoms with E-state index in [1.807, 2.05) is 52.4 Å². The van der Waals surface area contributed by atoms with Gasteiger partial charge in [-0.3, -0.25) is 5.01 Å². The summed E-state index contributed by atoms with van der Waals surface area (Å²) in [5.41, 5.74) is 4.38. The van der Waals surface area contributed by atoms with E-state index < -0.39 is 16.1 Å². The minimum absolute atomic E-state index is 0.0291. The normalized spacial score (nSPS) is 20.3. The molecule has 3 atom stereocenters. The largest absolute Gasteiger partial charge is 0.333 e. The fourth-order valence-electron chi connectivity index (χ4n) is 5.61. The first-order valence-electron chi connectivity index (χ1n) is 13.5. The van der Waals surface area contributed by atoms with E-state index in [0.717, 1.165) is 36.2 Å². The summed E-state index contributed by atoms with van der Waals surface area (Å²) >= 11 is 5.87. The number of benzene rings is 3. The van der Waals surface area contributed by atoms with E-state index in [9.17, 15) is 13.2 Å². The van der Waals surface area contributed by atoms with E-state index in [1.54, 1.807) is 36.4 Å². The van der Waals surface area contributed by atoms with Gasteiger partial charge in [-0.05, 0) is 79.4 Å². The highest BCUT2D eigenvalue weighted by Crippen LogP contribution is 2.46. The summed E-state index contributed by atoms with van der Waals surface area (Å²) in [5, 5.41) is 14.7. The molecule has 2 heterocycles. The summed E-state index contributed by atoms with van der Waals surface area (Å²) in [5.74, 6) is 0.613. The van der Waals surface area contributed by atoms with Crippen molar-refractivity contribution in [2.75, 3.05) is 10.3 Å². The Bertz CT molecular complexity index is 1690. The van der Waals surface area contributed by atoms with Crippen LogP contribution in [0.4, 0.5) is 16.2 Å². The lowest BCUT2D eigenvalue weighted by atomic mass is 9.76. The Kier molecular flexibility index (Phi) is 7.27. The number of hydrazone groups is 1. The molecule has 6 rings (SSSR count). The van der Waals surface area contributed by atoms with Crippen LogP contribution >= 0.6 is 11.6 Å². The third kappa shape index (κ3) is 5.57. The minimum Gasteiger partial charge on any atom is -0.307 e. The van der Waals surface area contributed by atoms with Gasteiger partial charge in [0.1, 0.15) is 0 Å². The number of carbonyl (C=O) groups excluding carboxylic acids is 1. The van der Waals surface area contributed by atoms with Gasteiger partial charge in [-0.15, -0.1) is 0 Å². The molecule has 0 radical (unpaired) electrons. The quantitative estimate of drug-likeness (QED) is 0.271. The molecule has 1 fully saturated rings. The number of halogens is 1. The van der Waals surface area contributed by atoms with Crippen molar-refractivity contribution in [1.82, 2.24) is 14.5 Å². The Morgan fingerprint density at radius 3 is 2.41 bits per heavy atom. The zero-order valence-corrected chi connectivity index (χ0v) is 23.9. The predicted molar refractivity (Wildman–Crippen MR) is 160 cm³/mol. The predicted octanol–water partition coefficient (Wildman–Crippen LogP) is 6.39. The molecule has 4 aromatic rings. The summed E-state index contributed by atoms with van der Waals surface area (Å²) < 4.78 is 29.8. The van der Waals surface area contributed by atoms with Crippen LogP contribution in [0.25, 0.3) is 5.69 Å². The molecule has 3 aromatic carbocycles. The van der Waals surface area contributed by atoms with Crippen molar-refractivity contribution in [2.45, 2.75) is 37.1 Å². The second-order valence-corrected chi connectivity index (χ2v) is 12.5. The number of hydrogen-bond donors (Lipinski definition) is 2. The number of nitrogens with zero attached hydrogens (tertiary/aromatic N) is 4. The SMILES string of the molecule is CC1CCCC2C1=NN(c1ccc(S(=O)(=O)NC(=O)Nc3ccc(Cl)cc3)cc1)C2c1cnn(-c2ccccc2)c1. The molecular weight excluding hydrogens is 560 g/mol. The number of rotatable bonds is 6. The van der Waals surface area contributed by atoms with Crippen LogP contribution in [0, 0.1) is 11.8 Å². The summed E-state index contributed by atoms with van der Waals surface area (Å²) in [6.45, 7) is 2.22. The summed E-state index contributed by atoms with van der Waals surface area (Å²) in [6.07, 6.45) is 7.19. The van der Waals surface area contributed by atoms with E-state index in [-0.39, 0.29) is 16.9 Å². The van der Waals surface area contributed by atoms with Crippen LogP contribution < -0.4 is 15.0 Å². The molecule has 9 nitrogen and oxygen atoms in total. The maximum absolute atomic E-state index is 12.9. The highest BCUT2D eigenvalue weighted by atomic mass is 35.5. The summed E-state index contributed by atoms with van der Waals surface area (Å²) in [4.78, 5) is 12.3. The van der Waals surface area contributed by atoms with Gasteiger partial charge in [0.15, 0.2) is 0 Å². The van der Waals surface area contributed by atoms with E-state index in [1.165, 1.54) is 17.8 Å². The maximum atomic E-state index is 12.9. The van der Waals surface area contributed by atoms with Gasteiger partial charge in [-0.2, -0.15) is 10.2 Å². The summed E-state index contributed by atoms with van der Waals surface area (Å²) in [6, 6.07) is 21.8. The molecule has 2 N–H and O–H groups in total. The molecule has 2 amide bonds. The van der Waals surface area contributed by atoms with Crippen molar-refractivity contribution in [1.29, 1.82) is 0 Å². The van der Waals surface area contributed by atoms with Crippen molar-refractivity contribution >= 4 is 44.7 Å². The van der Waals surface area contributed by atoms with Crippen LogP contribution in [-0.4, -0.2) is 29.9 Å². The van der Waals surface area contributed by atoms with E-state index in [0.29, 0.717) is 16.6 Å². The highest BCUT2D eigenvalue weighted by Gasteiger charge is 2.43. The third-order valence-electron chi connectivity index (χ3n) is 7.61. The van der Waals surface area contributed by atoms with Gasteiger partial charge in [-0.25, -0.2) is 22.6 Å². The first kappa shape index (κ1) is 27.0. The molecular formula is C30H29ClN6O3S. The lowest BCUT2D eigenvalue weighted by Gasteiger charge is -2.30. The Hall–Kier alpha value is -4.15. The average Bonchev–Trinajstić information content (AvgIpc) is 3.60. The van der Waals surface area contributed by atoms with Gasteiger partial charge in [-0.1, -0.05) is 43.1 Å². The van der Waals surface area contributed by atoms with Crippen molar-refractivity contribution in [3.63, 3.8) is 0 Å². The first-order valence-corrected chi connectivity index (χ1v) is 15.3. The lowest BCUT2D eigenvalue weighted by Crippen LogP contribution is -2.34. The van der Waals surface area contributed by atoms with E-state index in [2.05, 4.69) is 22.1 Å². The van der Waals surface area contributed by atoms with Gasteiger partial charge in [0.25, 0.3) is 10.0 Å². The molecule has 1 aromatic heterocycles. The van der Waals surface area contributed by atoms with Crippen LogP contribution in [0.5, 0.6) is 0 Å². The fourth-order valence-corrected chi connectivity index (χ4v) is 6.64. The molecule has 2 aliphatic rings. The van der Waals surface area contributed by atoms with Gasteiger partial charge in [0, 0.05) is 34.1 Å². The number of carbonyl (C=O) groups is 1. The number of urea groups is 1. The molecule has 1 saturated carbocycles. The number of aromatic nitrogens is 2. The van der Waals surface area contributed by atoms with Crippen LogP contribution in [0.1, 0.15) is 37.8 Å². The van der Waals surface area contributed by atoms with Crippen molar-refractivity contribution in [3.8, 4) is 5.69 Å². The fraction of sp³-hybridized carbons (Fsp3) is 0.233. The molecule has 3 unspecified atom stereocenters. The van der Waals surface area contributed by atoms with Crippen LogP contribution in [0.2, 0.25) is 5.02 Å². The zero-order chi connectivity index (χ0) is 28.6. The van der Waals surface area contributed by atoms with Gasteiger partial charge in [0.2, 0.25) is 0 Å². The Morgan fingerprint density at radius 2 is 1.68 bits per heavy atom. The van der Waals surface area contributed by atoms with E-state index >= 15 is 0 Å². The number of nitrogens with one attached hydrogen (secondary N) is 2. The third-order valence-corrected chi connectivity index (χ3v) is 9.21. The number of hydrogen-bond acceptors (Lipinski definition) is 6. The summed E-state index contributed by atoms with van der Waals surface area (Å²) in [7, 11) is -4.11. The van der Waals surface area contributed by atoms with E-state index in [4.69, 9.17) is 16.7 Å². The van der Waals surface area contributed by atoms with Crippen molar-refractivity contribution < 1.29 is 13.2 Å². The molecule has 41 heavy (non-hydrogen) atoms. The zero-order valence-electron chi connectivity index (χ0n) is 22.3. The Balaban J connectivity index is 1.25. The Morgan fingerprint density at radius 1 is 0.951 bits per heavy atom. The minimum atomic E-state index is -4.11. The second-order valence-electron chi connectivity index (χ2n) is 10.4. The maximum Gasteiger partial charge on any atom is 0.333 e. The van der Waals surface area contributed by atoms with Gasteiger partial charge < -0.3 is 5.32 Å². The highest BCUT2D eigenvalue weighted by molar-refractivity contribution is 7.90. The lowest BCUT2D eigenvalue weighted by molar-refractivity contribution is 0.256. The average molecular weight is 589 g/mol. The van der Waals surface area contributed by atoms with Crippen molar-refractivity contribution in [3.05, 3.63) is 102 Å². The van der Waals surface area contributed by atoms with Crippen LogP contribution in [0.3, 0.4) is 0 Å². The Labute approximate surface area is 243 Å². The first-order chi connectivity index (χ1) is 19.8. The molecule has 1 aliphatic heterocycles. The number of para-hydroxylation sites is 1. The molecule has 0 saturated heterocycles. The molecule has 1 aliphatic carbocycles. The number of amides is 2. The number of anilines is 2. The smallest absolute Gasteiger partial charge is 0.307 e. The standard InChI is InChI=1S/C30H29ClN6O3S/c1-20-6-5-9-27-28(20)34-37(29(27)21-18-32-36(19-21)24-7-3-2-4-8-24)25-14-16-26(17-15-25)41(39,40)35-30(38)33-23-12-10-22(31)11-13-23/h2-4,7-8,10-20,27,29H,5-6,9H2,1H3,(H2,33,35,38). The molecule has 210 valence electrons. The molecule has 0 spiro atoms. The number of sulfonamides is 1. The van der Waals surface area contributed by atoms with Crippen LogP contribution in [0.15, 0.2) is 101 Å². The van der Waals surface area contributed by atoms with Gasteiger partial charge in [0.05, 0.1) is 28.5 Å². The van der Waals surface area contributed by atoms with Crippen LogP contribution in [-0.2, 0) is 10.0 Å². The monoisotopic (exact) mass is 588 g/mol. The molecule has 0 bridgehead atoms. The second kappa shape index (κ2) is 11.0. The number of fused-ring (bicyclic) bond motifs is 1.